The van der Waals surface area contributed by atoms with Gasteiger partial charge in [0.1, 0.15) is 0 Å². The third kappa shape index (κ3) is 5.21. The molecule has 0 amide bonds. The van der Waals surface area contributed by atoms with Gasteiger partial charge in [-0.05, 0) is 58.7 Å². The molecule has 0 aliphatic carbocycles. The fraction of sp³-hybridized carbons (Fsp3) is 0. The molecule has 0 saturated heterocycles. The second-order valence-corrected chi connectivity index (χ2v) is 14.1. The lowest BCUT2D eigenvalue weighted by Gasteiger charge is -2.11. The molecule has 3 heterocycles. The molecule has 3 aromatic heterocycles. The van der Waals surface area contributed by atoms with Crippen LogP contribution in [0.25, 0.3) is 100 Å². The SMILES string of the molecule is c1ccc(-c2ccc(-c3ccc(-n4c5ccccc5c5c6c7ccccc7n(-c7nc(-c8ccccc8)nc(-c8ccccc8)n7)c6ccc54)cc3)cc2)cc1. The minimum atomic E-state index is 0.583. The number of aromatic nitrogens is 5. The number of fused-ring (bicyclic) bond motifs is 7. The summed E-state index contributed by atoms with van der Waals surface area (Å²) >= 11 is 0. The standard InChI is InChI=1S/C51H33N5/c1-4-14-34(15-5-1)35-24-26-36(27-25-35)37-28-30-40(31-29-37)55-43-22-12-10-20-41(43)47-45(55)32-33-46-48(47)42-21-11-13-23-44(42)56(46)51-53-49(38-16-6-2-7-17-38)52-50(54-51)39-18-8-3-9-19-39/h1-33H. The monoisotopic (exact) mass is 715 g/mol. The molecule has 0 aliphatic heterocycles. The first-order valence-electron chi connectivity index (χ1n) is 18.9. The molecule has 0 aliphatic rings. The first kappa shape index (κ1) is 31.9. The van der Waals surface area contributed by atoms with Gasteiger partial charge in [0.2, 0.25) is 5.95 Å². The maximum absolute atomic E-state index is 5.16. The maximum Gasteiger partial charge on any atom is 0.238 e. The minimum absolute atomic E-state index is 0.583. The predicted molar refractivity (Wildman–Crippen MR) is 230 cm³/mol. The molecule has 11 aromatic rings. The normalized spacial score (nSPS) is 11.6. The van der Waals surface area contributed by atoms with Gasteiger partial charge in [0.15, 0.2) is 11.6 Å². The molecule has 0 unspecified atom stereocenters. The average molecular weight is 716 g/mol. The van der Waals surface area contributed by atoms with Gasteiger partial charge in [0.25, 0.3) is 0 Å². The molecule has 0 radical (unpaired) electrons. The van der Waals surface area contributed by atoms with E-state index in [1.165, 1.54) is 38.4 Å². The lowest BCUT2D eigenvalue weighted by Crippen LogP contribution is -2.06. The smallest absolute Gasteiger partial charge is 0.238 e. The van der Waals surface area contributed by atoms with Crippen molar-refractivity contribution < 1.29 is 0 Å². The summed E-state index contributed by atoms with van der Waals surface area (Å²) in [6.07, 6.45) is 0. The molecule has 0 N–H and O–H groups in total. The number of nitrogens with zero attached hydrogens (tertiary/aromatic N) is 5. The van der Waals surface area contributed by atoms with Gasteiger partial charge in [-0.3, -0.25) is 4.57 Å². The van der Waals surface area contributed by atoms with Gasteiger partial charge in [0.05, 0.1) is 22.1 Å². The second kappa shape index (κ2) is 13.0. The molecule has 0 saturated carbocycles. The van der Waals surface area contributed by atoms with Crippen molar-refractivity contribution in [1.29, 1.82) is 0 Å². The second-order valence-electron chi connectivity index (χ2n) is 14.1. The Bertz CT molecular complexity index is 3140. The Kier molecular flexibility index (Phi) is 7.42. The zero-order valence-electron chi connectivity index (χ0n) is 30.3. The summed E-state index contributed by atoms with van der Waals surface area (Å²) < 4.78 is 4.59. The Balaban J connectivity index is 1.10. The van der Waals surface area contributed by atoms with E-state index in [9.17, 15) is 0 Å². The summed E-state index contributed by atoms with van der Waals surface area (Å²) in [6.45, 7) is 0. The van der Waals surface area contributed by atoms with E-state index >= 15 is 0 Å². The molecule has 0 atom stereocenters. The van der Waals surface area contributed by atoms with Crippen LogP contribution in [-0.4, -0.2) is 24.1 Å². The van der Waals surface area contributed by atoms with E-state index in [4.69, 9.17) is 15.0 Å². The van der Waals surface area contributed by atoms with E-state index in [0.29, 0.717) is 17.6 Å². The Labute approximate surface area is 323 Å². The van der Waals surface area contributed by atoms with Crippen LogP contribution in [0.1, 0.15) is 0 Å². The van der Waals surface area contributed by atoms with E-state index in [2.05, 4.69) is 149 Å². The van der Waals surface area contributed by atoms with Crippen molar-refractivity contribution in [3.05, 3.63) is 200 Å². The largest absolute Gasteiger partial charge is 0.309 e. The Morgan fingerprint density at radius 1 is 0.268 bits per heavy atom. The summed E-state index contributed by atoms with van der Waals surface area (Å²) in [6, 6.07) is 70.4. The molecule has 56 heavy (non-hydrogen) atoms. The number of hydrogen-bond acceptors (Lipinski definition) is 3. The van der Waals surface area contributed by atoms with Crippen LogP contribution < -0.4 is 0 Å². The lowest BCUT2D eigenvalue weighted by molar-refractivity contribution is 0.953. The van der Waals surface area contributed by atoms with E-state index < -0.39 is 0 Å². The summed E-state index contributed by atoms with van der Waals surface area (Å²) in [7, 11) is 0. The molecule has 0 bridgehead atoms. The average Bonchev–Trinajstić information content (AvgIpc) is 3.80. The highest BCUT2D eigenvalue weighted by Gasteiger charge is 2.22. The van der Waals surface area contributed by atoms with Gasteiger partial charge >= 0.3 is 0 Å². The molecule has 0 spiro atoms. The van der Waals surface area contributed by atoms with E-state index in [-0.39, 0.29) is 0 Å². The fourth-order valence-electron chi connectivity index (χ4n) is 8.20. The van der Waals surface area contributed by atoms with Crippen LogP contribution in [0, 0.1) is 0 Å². The molecule has 262 valence electrons. The van der Waals surface area contributed by atoms with Gasteiger partial charge in [-0.1, -0.05) is 164 Å². The summed E-state index contributed by atoms with van der Waals surface area (Å²) in [4.78, 5) is 15.3. The summed E-state index contributed by atoms with van der Waals surface area (Å²) in [5, 5.41) is 4.72. The quantitative estimate of drug-likeness (QED) is 0.172. The number of rotatable bonds is 6. The van der Waals surface area contributed by atoms with Crippen LogP contribution in [0.3, 0.4) is 0 Å². The molecular weight excluding hydrogens is 683 g/mol. The van der Waals surface area contributed by atoms with Crippen LogP contribution in [0.2, 0.25) is 0 Å². The Morgan fingerprint density at radius 3 is 1.14 bits per heavy atom. The highest BCUT2D eigenvalue weighted by molar-refractivity contribution is 6.28. The lowest BCUT2D eigenvalue weighted by atomic mass is 10.0. The third-order valence-corrected chi connectivity index (χ3v) is 10.8. The first-order valence-corrected chi connectivity index (χ1v) is 18.9. The molecular formula is C51H33N5. The highest BCUT2D eigenvalue weighted by atomic mass is 15.2. The van der Waals surface area contributed by atoms with Crippen molar-refractivity contribution in [3.8, 4) is 56.7 Å². The zero-order chi connectivity index (χ0) is 37.0. The molecule has 5 heteroatoms. The molecule has 0 fully saturated rings. The van der Waals surface area contributed by atoms with Crippen molar-refractivity contribution in [1.82, 2.24) is 24.1 Å². The van der Waals surface area contributed by atoms with Gasteiger partial charge < -0.3 is 4.57 Å². The number of benzene rings is 8. The number of hydrogen-bond donors (Lipinski definition) is 0. The molecule has 11 rings (SSSR count). The third-order valence-electron chi connectivity index (χ3n) is 10.8. The van der Waals surface area contributed by atoms with Crippen LogP contribution in [0.15, 0.2) is 200 Å². The van der Waals surface area contributed by atoms with Crippen molar-refractivity contribution in [2.75, 3.05) is 0 Å². The van der Waals surface area contributed by atoms with E-state index in [0.717, 1.165) is 44.3 Å². The maximum atomic E-state index is 5.16. The van der Waals surface area contributed by atoms with E-state index in [1.54, 1.807) is 0 Å². The van der Waals surface area contributed by atoms with Gasteiger partial charge in [0, 0.05) is 38.4 Å². The summed E-state index contributed by atoms with van der Waals surface area (Å²) in [5.74, 6) is 1.85. The van der Waals surface area contributed by atoms with Gasteiger partial charge in [-0.2, -0.15) is 9.97 Å². The van der Waals surface area contributed by atoms with Crippen molar-refractivity contribution in [2.24, 2.45) is 0 Å². The zero-order valence-corrected chi connectivity index (χ0v) is 30.3. The van der Waals surface area contributed by atoms with Gasteiger partial charge in [-0.15, -0.1) is 0 Å². The predicted octanol–water partition coefficient (Wildman–Crippen LogP) is 12.7. The highest BCUT2D eigenvalue weighted by Crippen LogP contribution is 2.42. The van der Waals surface area contributed by atoms with E-state index in [1.807, 2.05) is 60.7 Å². The van der Waals surface area contributed by atoms with Crippen LogP contribution in [0.4, 0.5) is 0 Å². The topological polar surface area (TPSA) is 48.5 Å². The van der Waals surface area contributed by atoms with Gasteiger partial charge in [-0.25, -0.2) is 4.98 Å². The van der Waals surface area contributed by atoms with Crippen molar-refractivity contribution in [3.63, 3.8) is 0 Å². The minimum Gasteiger partial charge on any atom is -0.309 e. The van der Waals surface area contributed by atoms with Crippen LogP contribution >= 0.6 is 0 Å². The van der Waals surface area contributed by atoms with Crippen LogP contribution in [-0.2, 0) is 0 Å². The Hall–Kier alpha value is -7.63. The summed E-state index contributed by atoms with van der Waals surface area (Å²) in [5.41, 5.74) is 12.2. The fourth-order valence-corrected chi connectivity index (χ4v) is 8.20. The van der Waals surface area contributed by atoms with Crippen molar-refractivity contribution >= 4 is 43.6 Å². The van der Waals surface area contributed by atoms with Crippen molar-refractivity contribution in [2.45, 2.75) is 0 Å². The first-order chi connectivity index (χ1) is 27.8. The van der Waals surface area contributed by atoms with Crippen LogP contribution in [0.5, 0.6) is 0 Å². The number of para-hydroxylation sites is 2. The Morgan fingerprint density at radius 2 is 0.643 bits per heavy atom. The molecule has 8 aromatic carbocycles. The molecule has 5 nitrogen and oxygen atoms in total.